The summed E-state index contributed by atoms with van der Waals surface area (Å²) in [7, 11) is 0. The van der Waals surface area contributed by atoms with Gasteiger partial charge >= 0.3 is 0 Å². The fourth-order valence-electron chi connectivity index (χ4n) is 1.22. The van der Waals surface area contributed by atoms with Crippen molar-refractivity contribution in [3.8, 4) is 5.75 Å². The van der Waals surface area contributed by atoms with Crippen molar-refractivity contribution in [3.05, 3.63) is 36.4 Å². The molecule has 15 heavy (non-hydrogen) atoms. The summed E-state index contributed by atoms with van der Waals surface area (Å²) in [6, 6.07) is 5.31. The normalized spacial score (nSPS) is 9.60. The topological polar surface area (TPSA) is 52.3 Å². The van der Waals surface area contributed by atoms with Crippen LogP contribution in [0.2, 0.25) is 0 Å². The van der Waals surface area contributed by atoms with Crippen molar-refractivity contribution in [2.24, 2.45) is 0 Å². The van der Waals surface area contributed by atoms with E-state index in [0.717, 1.165) is 18.3 Å². The third-order valence-corrected chi connectivity index (χ3v) is 1.97. The molecule has 3 heteroatoms. The highest BCUT2D eigenvalue weighted by molar-refractivity contribution is 5.59. The Balaban J connectivity index is 2.76. The summed E-state index contributed by atoms with van der Waals surface area (Å²) in [4.78, 5) is 10.4. The quantitative estimate of drug-likeness (QED) is 0.334. The van der Waals surface area contributed by atoms with Crippen molar-refractivity contribution in [3.63, 3.8) is 0 Å². The molecule has 0 bridgehead atoms. The highest BCUT2D eigenvalue weighted by atomic mass is 16.5. The monoisotopic (exact) mass is 205 g/mol. The van der Waals surface area contributed by atoms with Gasteiger partial charge in [-0.05, 0) is 12.5 Å². The molecule has 0 saturated heterocycles. The minimum atomic E-state index is 0.351. The molecule has 1 aromatic carbocycles. The molecule has 0 spiro atoms. The number of ether oxygens (including phenoxy) is 1. The van der Waals surface area contributed by atoms with Gasteiger partial charge in [-0.3, -0.25) is 0 Å². The van der Waals surface area contributed by atoms with Gasteiger partial charge in [-0.15, -0.1) is 6.58 Å². The van der Waals surface area contributed by atoms with E-state index in [1.165, 1.54) is 0 Å². The Morgan fingerprint density at radius 1 is 1.47 bits per heavy atom. The highest BCUT2D eigenvalue weighted by Crippen LogP contribution is 2.22. The lowest BCUT2D eigenvalue weighted by atomic mass is 10.1. The van der Waals surface area contributed by atoms with Crippen LogP contribution >= 0.6 is 0 Å². The number of benzene rings is 1. The van der Waals surface area contributed by atoms with Crippen molar-refractivity contribution in [2.45, 2.75) is 12.8 Å². The van der Waals surface area contributed by atoms with Crippen molar-refractivity contribution >= 4 is 12.0 Å². The minimum Gasteiger partial charge on any atom is -0.493 e. The van der Waals surface area contributed by atoms with Gasteiger partial charge in [0.1, 0.15) is 12.0 Å². The third-order valence-electron chi connectivity index (χ3n) is 1.97. The van der Waals surface area contributed by atoms with Crippen molar-refractivity contribution in [1.82, 2.24) is 0 Å². The van der Waals surface area contributed by atoms with E-state index in [9.17, 15) is 4.79 Å². The Bertz CT molecular complexity index is 347. The zero-order valence-corrected chi connectivity index (χ0v) is 8.61. The van der Waals surface area contributed by atoms with E-state index in [2.05, 4.69) is 6.58 Å². The summed E-state index contributed by atoms with van der Waals surface area (Å²) in [5.74, 6) is 0.684. The first-order valence-electron chi connectivity index (χ1n) is 4.83. The van der Waals surface area contributed by atoms with Crippen LogP contribution in [0.25, 0.3) is 0 Å². The van der Waals surface area contributed by atoms with E-state index in [1.54, 1.807) is 18.2 Å². The molecule has 3 nitrogen and oxygen atoms in total. The van der Waals surface area contributed by atoms with Gasteiger partial charge < -0.3 is 15.3 Å². The second-order valence-electron chi connectivity index (χ2n) is 3.16. The van der Waals surface area contributed by atoms with Crippen molar-refractivity contribution in [1.29, 1.82) is 0 Å². The lowest BCUT2D eigenvalue weighted by Crippen LogP contribution is -2.00. The van der Waals surface area contributed by atoms with Crippen LogP contribution in [0.3, 0.4) is 0 Å². The molecule has 0 amide bonds. The van der Waals surface area contributed by atoms with E-state index < -0.39 is 0 Å². The number of hydrogen-bond donors (Lipinski definition) is 1. The minimum absolute atomic E-state index is 0.351. The summed E-state index contributed by atoms with van der Waals surface area (Å²) < 4.78 is 5.50. The Kier molecular flexibility index (Phi) is 4.41. The van der Waals surface area contributed by atoms with Crippen LogP contribution in [0.15, 0.2) is 30.9 Å². The molecule has 0 atom stereocenters. The summed E-state index contributed by atoms with van der Waals surface area (Å²) in [5.41, 5.74) is 7.14. The van der Waals surface area contributed by atoms with Crippen LogP contribution in [0.1, 0.15) is 12.0 Å². The Morgan fingerprint density at radius 2 is 2.27 bits per heavy atom. The van der Waals surface area contributed by atoms with Gasteiger partial charge in [0.15, 0.2) is 0 Å². The molecule has 0 saturated carbocycles. The number of nitrogen functional groups attached to an aromatic ring is 1. The van der Waals surface area contributed by atoms with Crippen LogP contribution < -0.4 is 10.5 Å². The average Bonchev–Trinajstić information content (AvgIpc) is 2.22. The maximum Gasteiger partial charge on any atom is 0.124 e. The molecule has 1 rings (SSSR count). The summed E-state index contributed by atoms with van der Waals surface area (Å²) >= 11 is 0. The average molecular weight is 205 g/mol. The van der Waals surface area contributed by atoms with Crippen LogP contribution in [0.5, 0.6) is 5.75 Å². The first kappa shape index (κ1) is 11.3. The molecule has 1 aromatic rings. The standard InChI is InChI=1S/C12H15NO2/c1-2-3-8-15-12-9-11(13)5-4-10(12)6-7-14/h2,4-5,7,9H,1,3,6,8,13H2. The smallest absolute Gasteiger partial charge is 0.124 e. The van der Waals surface area contributed by atoms with Crippen LogP contribution in [0, 0.1) is 0 Å². The van der Waals surface area contributed by atoms with Gasteiger partial charge in [-0.2, -0.15) is 0 Å². The van der Waals surface area contributed by atoms with Gasteiger partial charge in [-0.25, -0.2) is 0 Å². The SMILES string of the molecule is C=CCCOc1cc(N)ccc1CC=O. The number of anilines is 1. The molecule has 80 valence electrons. The van der Waals surface area contributed by atoms with E-state index in [4.69, 9.17) is 10.5 Å². The van der Waals surface area contributed by atoms with E-state index >= 15 is 0 Å². The van der Waals surface area contributed by atoms with E-state index in [-0.39, 0.29) is 0 Å². The molecule has 0 aliphatic heterocycles. The maximum atomic E-state index is 10.4. The second-order valence-corrected chi connectivity index (χ2v) is 3.16. The molecular weight excluding hydrogens is 190 g/mol. The molecule has 0 aromatic heterocycles. The van der Waals surface area contributed by atoms with Gasteiger partial charge in [0.2, 0.25) is 0 Å². The number of nitrogens with two attached hydrogens (primary N) is 1. The van der Waals surface area contributed by atoms with Crippen molar-refractivity contribution in [2.75, 3.05) is 12.3 Å². The van der Waals surface area contributed by atoms with Crippen LogP contribution in [-0.4, -0.2) is 12.9 Å². The molecule has 0 aliphatic carbocycles. The lowest BCUT2D eigenvalue weighted by Gasteiger charge is -2.09. The van der Waals surface area contributed by atoms with Crippen LogP contribution in [-0.2, 0) is 11.2 Å². The fourth-order valence-corrected chi connectivity index (χ4v) is 1.22. The predicted octanol–water partition coefficient (Wildman–Crippen LogP) is 1.97. The fraction of sp³-hybridized carbons (Fsp3) is 0.250. The maximum absolute atomic E-state index is 10.4. The number of hydrogen-bond acceptors (Lipinski definition) is 3. The van der Waals surface area contributed by atoms with Crippen molar-refractivity contribution < 1.29 is 9.53 Å². The van der Waals surface area contributed by atoms with Gasteiger partial charge in [0, 0.05) is 23.7 Å². The molecule has 0 unspecified atom stereocenters. The lowest BCUT2D eigenvalue weighted by molar-refractivity contribution is -0.107. The summed E-state index contributed by atoms with van der Waals surface area (Å²) in [6.45, 7) is 4.16. The number of aldehydes is 1. The molecule has 0 fully saturated rings. The van der Waals surface area contributed by atoms with E-state index in [1.807, 2.05) is 6.07 Å². The molecule has 0 heterocycles. The Morgan fingerprint density at radius 3 is 2.93 bits per heavy atom. The predicted molar refractivity (Wildman–Crippen MR) is 60.9 cm³/mol. The first-order valence-corrected chi connectivity index (χ1v) is 4.83. The van der Waals surface area contributed by atoms with Crippen LogP contribution in [0.4, 0.5) is 5.69 Å². The summed E-state index contributed by atoms with van der Waals surface area (Å²) in [6.07, 6.45) is 3.76. The zero-order valence-electron chi connectivity index (χ0n) is 8.61. The number of carbonyl (C=O) groups excluding carboxylic acids is 1. The second kappa shape index (κ2) is 5.86. The number of carbonyl (C=O) groups is 1. The summed E-state index contributed by atoms with van der Waals surface area (Å²) in [5, 5.41) is 0. The van der Waals surface area contributed by atoms with E-state index in [0.29, 0.717) is 24.5 Å². The Labute approximate surface area is 89.5 Å². The van der Waals surface area contributed by atoms with Gasteiger partial charge in [0.05, 0.1) is 6.61 Å². The van der Waals surface area contributed by atoms with Gasteiger partial charge in [0.25, 0.3) is 0 Å². The molecule has 0 radical (unpaired) electrons. The largest absolute Gasteiger partial charge is 0.493 e. The van der Waals surface area contributed by atoms with Gasteiger partial charge in [-0.1, -0.05) is 12.1 Å². The zero-order chi connectivity index (χ0) is 11.1. The molecular formula is C12H15NO2. The first-order chi connectivity index (χ1) is 7.27. The Hall–Kier alpha value is -1.77. The molecule has 2 N–H and O–H groups in total. The number of rotatable bonds is 6. The molecule has 0 aliphatic rings. The highest BCUT2D eigenvalue weighted by Gasteiger charge is 2.03. The third kappa shape index (κ3) is 3.46.